The van der Waals surface area contributed by atoms with E-state index in [1.807, 2.05) is 30.3 Å². The van der Waals surface area contributed by atoms with E-state index in [0.29, 0.717) is 11.0 Å². The molecule has 0 amide bonds. The van der Waals surface area contributed by atoms with Crippen LogP contribution in [0.1, 0.15) is 28.9 Å². The lowest BCUT2D eigenvalue weighted by Gasteiger charge is -2.26. The molecule has 160 valence electrons. The maximum absolute atomic E-state index is 13.1. The highest BCUT2D eigenvalue weighted by atomic mass is 16.5. The molecular weight excluding hydrogens is 388 g/mol. The summed E-state index contributed by atoms with van der Waals surface area (Å²) in [4.78, 5) is 15.5. The minimum atomic E-state index is 0.101. The van der Waals surface area contributed by atoms with Crippen LogP contribution in [0.4, 0.5) is 5.69 Å². The number of aryl methyl sites for hydroxylation is 1. The first-order valence-corrected chi connectivity index (χ1v) is 11.1. The highest BCUT2D eigenvalue weighted by Gasteiger charge is 2.24. The Bertz CT molecular complexity index is 1190. The molecule has 2 aromatic carbocycles. The summed E-state index contributed by atoms with van der Waals surface area (Å²) in [5, 5.41) is 4.13. The molecule has 3 aromatic rings. The van der Waals surface area contributed by atoms with Gasteiger partial charge in [-0.25, -0.2) is 0 Å². The Morgan fingerprint density at radius 3 is 2.77 bits per heavy atom. The number of nitrogens with zero attached hydrogens (tertiary/aromatic N) is 1. The number of rotatable bonds is 5. The highest BCUT2D eigenvalue weighted by Crippen LogP contribution is 2.35. The predicted octanol–water partition coefficient (Wildman–Crippen LogP) is 4.33. The maximum atomic E-state index is 13.1. The summed E-state index contributed by atoms with van der Waals surface area (Å²) in [5.74, 6) is 0.756. The average Bonchev–Trinajstić information content (AvgIpc) is 3.19. The average molecular weight is 417 g/mol. The lowest BCUT2D eigenvalue weighted by Crippen LogP contribution is -2.39. The van der Waals surface area contributed by atoms with Crippen LogP contribution in [-0.2, 0) is 11.2 Å². The predicted molar refractivity (Wildman–Crippen MR) is 126 cm³/mol. The highest BCUT2D eigenvalue weighted by molar-refractivity contribution is 5.88. The molecule has 1 saturated heterocycles. The molecule has 0 bridgehead atoms. The van der Waals surface area contributed by atoms with Crippen molar-refractivity contribution in [3.8, 4) is 0 Å². The molecule has 0 atom stereocenters. The van der Waals surface area contributed by atoms with Crippen molar-refractivity contribution in [1.29, 1.82) is 0 Å². The Morgan fingerprint density at radius 1 is 1.10 bits per heavy atom. The van der Waals surface area contributed by atoms with E-state index in [1.165, 1.54) is 11.1 Å². The van der Waals surface area contributed by atoms with Crippen LogP contribution in [-0.4, -0.2) is 44.3 Å². The van der Waals surface area contributed by atoms with Gasteiger partial charge in [0.25, 0.3) is 0 Å². The molecule has 0 unspecified atom stereocenters. The first-order valence-electron chi connectivity index (χ1n) is 11.1. The van der Waals surface area contributed by atoms with Crippen LogP contribution in [0.3, 0.4) is 0 Å². The number of hydrogen-bond donors (Lipinski definition) is 1. The lowest BCUT2D eigenvalue weighted by molar-refractivity contribution is 0.0398. The van der Waals surface area contributed by atoms with E-state index in [0.717, 1.165) is 74.8 Å². The smallest absolute Gasteiger partial charge is 0.196 e. The number of hydrogen-bond acceptors (Lipinski definition) is 5. The van der Waals surface area contributed by atoms with E-state index >= 15 is 0 Å². The van der Waals surface area contributed by atoms with Gasteiger partial charge in [-0.05, 0) is 54.7 Å². The van der Waals surface area contributed by atoms with Gasteiger partial charge < -0.3 is 14.5 Å². The molecule has 1 aliphatic carbocycles. The van der Waals surface area contributed by atoms with Gasteiger partial charge in [0.05, 0.1) is 18.6 Å². The quantitative estimate of drug-likeness (QED) is 0.671. The van der Waals surface area contributed by atoms with Crippen LogP contribution in [0.25, 0.3) is 22.6 Å². The molecule has 31 heavy (non-hydrogen) atoms. The number of ether oxygens (including phenoxy) is 1. The molecule has 1 fully saturated rings. The lowest BCUT2D eigenvalue weighted by atomic mass is 10.0. The molecule has 1 aliphatic heterocycles. The van der Waals surface area contributed by atoms with E-state index in [1.54, 1.807) is 0 Å². The van der Waals surface area contributed by atoms with Crippen LogP contribution in [0.15, 0.2) is 51.7 Å². The second-order valence-corrected chi connectivity index (χ2v) is 8.36. The summed E-state index contributed by atoms with van der Waals surface area (Å²) in [6, 6.07) is 14.1. The molecule has 0 saturated carbocycles. The normalized spacial score (nSPS) is 17.9. The third-order valence-corrected chi connectivity index (χ3v) is 6.30. The van der Waals surface area contributed by atoms with Crippen molar-refractivity contribution in [2.45, 2.75) is 19.8 Å². The fourth-order valence-corrected chi connectivity index (χ4v) is 4.46. The Hall–Kier alpha value is -2.89. The van der Waals surface area contributed by atoms with E-state index in [9.17, 15) is 4.79 Å². The third-order valence-electron chi connectivity index (χ3n) is 6.30. The van der Waals surface area contributed by atoms with Crippen molar-refractivity contribution < 1.29 is 9.15 Å². The molecule has 5 nitrogen and oxygen atoms in total. The first kappa shape index (κ1) is 20.0. The molecule has 2 aliphatic rings. The summed E-state index contributed by atoms with van der Waals surface area (Å²) in [7, 11) is 0. The summed E-state index contributed by atoms with van der Waals surface area (Å²) in [6.07, 6.45) is 3.74. The van der Waals surface area contributed by atoms with Crippen LogP contribution in [0.2, 0.25) is 0 Å². The summed E-state index contributed by atoms with van der Waals surface area (Å²) in [6.45, 7) is 7.51. The number of morpholine rings is 1. The zero-order chi connectivity index (χ0) is 21.2. The molecule has 1 aromatic heterocycles. The Kier molecular flexibility index (Phi) is 5.62. The van der Waals surface area contributed by atoms with Crippen molar-refractivity contribution in [2.75, 3.05) is 44.7 Å². The molecule has 5 heteroatoms. The topological polar surface area (TPSA) is 54.7 Å². The van der Waals surface area contributed by atoms with Gasteiger partial charge >= 0.3 is 0 Å². The number of benzene rings is 2. The van der Waals surface area contributed by atoms with Gasteiger partial charge in [0.15, 0.2) is 5.43 Å². The van der Waals surface area contributed by atoms with Crippen LogP contribution in [0.5, 0.6) is 0 Å². The monoisotopic (exact) mass is 416 g/mol. The minimum absolute atomic E-state index is 0.101. The maximum Gasteiger partial charge on any atom is 0.196 e. The Labute approximate surface area is 182 Å². The van der Waals surface area contributed by atoms with Crippen molar-refractivity contribution >= 4 is 28.3 Å². The summed E-state index contributed by atoms with van der Waals surface area (Å²) >= 11 is 0. The Morgan fingerprint density at radius 2 is 1.94 bits per heavy atom. The van der Waals surface area contributed by atoms with Gasteiger partial charge in [-0.1, -0.05) is 24.3 Å². The second-order valence-electron chi connectivity index (χ2n) is 8.36. The van der Waals surface area contributed by atoms with Crippen molar-refractivity contribution in [3.05, 3.63) is 75.1 Å². The van der Waals surface area contributed by atoms with Crippen molar-refractivity contribution in [3.63, 3.8) is 0 Å². The second kappa shape index (κ2) is 8.69. The molecule has 1 N–H and O–H groups in total. The Balaban J connectivity index is 1.41. The van der Waals surface area contributed by atoms with Gasteiger partial charge in [-0.15, -0.1) is 0 Å². The number of anilines is 1. The van der Waals surface area contributed by atoms with E-state index in [2.05, 4.69) is 35.3 Å². The number of nitrogens with one attached hydrogen (secondary N) is 1. The minimum Gasteiger partial charge on any atom is -0.456 e. The van der Waals surface area contributed by atoms with E-state index in [-0.39, 0.29) is 5.43 Å². The van der Waals surface area contributed by atoms with Crippen molar-refractivity contribution in [2.24, 2.45) is 0 Å². The summed E-state index contributed by atoms with van der Waals surface area (Å²) < 4.78 is 11.7. The van der Waals surface area contributed by atoms with Gasteiger partial charge in [-0.3, -0.25) is 9.69 Å². The third kappa shape index (κ3) is 4.16. The molecule has 2 heterocycles. The molecule has 0 spiro atoms. The summed E-state index contributed by atoms with van der Waals surface area (Å²) in [5.41, 5.74) is 6.03. The molecule has 5 rings (SSSR count). The van der Waals surface area contributed by atoms with Crippen LogP contribution >= 0.6 is 0 Å². The zero-order valence-electron chi connectivity index (χ0n) is 17.9. The fraction of sp³-hybridized carbons (Fsp3) is 0.346. The van der Waals surface area contributed by atoms with E-state index in [4.69, 9.17) is 9.15 Å². The SMILES string of the molecule is Cc1ccccc1C=C1CCc2c1oc1cc(NCCN3CCOCC3)ccc1c2=O. The number of fused-ring (bicyclic) bond motifs is 2. The van der Waals surface area contributed by atoms with Gasteiger partial charge in [0.1, 0.15) is 11.3 Å². The largest absolute Gasteiger partial charge is 0.456 e. The van der Waals surface area contributed by atoms with Gasteiger partial charge in [0.2, 0.25) is 0 Å². The number of allylic oxidation sites excluding steroid dienone is 1. The van der Waals surface area contributed by atoms with E-state index < -0.39 is 0 Å². The van der Waals surface area contributed by atoms with Gasteiger partial charge in [0, 0.05) is 43.5 Å². The van der Waals surface area contributed by atoms with Gasteiger partial charge in [-0.2, -0.15) is 0 Å². The molecular formula is C26H28N2O3. The van der Waals surface area contributed by atoms with Crippen LogP contribution < -0.4 is 10.7 Å². The molecule has 0 radical (unpaired) electrons. The first-order chi connectivity index (χ1) is 15.2. The van der Waals surface area contributed by atoms with Crippen molar-refractivity contribution in [1.82, 2.24) is 4.90 Å². The van der Waals surface area contributed by atoms with Crippen LogP contribution in [0, 0.1) is 6.92 Å². The fourth-order valence-electron chi connectivity index (χ4n) is 4.46. The standard InChI is InChI=1S/C26H28N2O3/c1-18-4-2-3-5-19(18)16-20-6-8-23-25(29)22-9-7-21(17-24(22)31-26(20)23)27-10-11-28-12-14-30-15-13-28/h2-5,7,9,16-17,27H,6,8,10-15H2,1H3. The zero-order valence-corrected chi connectivity index (χ0v) is 17.9.